The molecule has 1 fully saturated rings. The van der Waals surface area contributed by atoms with Crippen LogP contribution in [0.4, 0.5) is 10.3 Å². The molecule has 1 aromatic heterocycles. The molecular weight excluding hydrogens is 307 g/mol. The highest BCUT2D eigenvalue weighted by molar-refractivity contribution is 5.68. The fraction of sp³-hybridized carbons (Fsp3) is 0.294. The predicted octanol–water partition coefficient (Wildman–Crippen LogP) is 1.95. The van der Waals surface area contributed by atoms with Gasteiger partial charge >= 0.3 is 0 Å². The lowest BCUT2D eigenvalue weighted by atomic mass is 10.0. The molecule has 1 aliphatic heterocycles. The number of nitriles is 2. The standard InChI is InChI=1S/C17H15FN6/c18-15-7-11(1-2-12(15)8-19)16-13(9-20)10-22-17(23-16)24-5-3-14(21)4-6-24/h1-2,7,10,14H,3-6,21H2. The topological polar surface area (TPSA) is 103 Å². The maximum Gasteiger partial charge on any atom is 0.225 e. The molecular formula is C17H15FN6. The fourth-order valence-corrected chi connectivity index (χ4v) is 2.68. The summed E-state index contributed by atoms with van der Waals surface area (Å²) in [7, 11) is 0. The van der Waals surface area contributed by atoms with Crippen molar-refractivity contribution in [2.24, 2.45) is 5.73 Å². The Morgan fingerprint density at radius 1 is 1.17 bits per heavy atom. The quantitative estimate of drug-likeness (QED) is 0.906. The lowest BCUT2D eigenvalue weighted by Gasteiger charge is -2.30. The van der Waals surface area contributed by atoms with Crippen molar-refractivity contribution in [2.75, 3.05) is 18.0 Å². The summed E-state index contributed by atoms with van der Waals surface area (Å²) in [6.45, 7) is 1.49. The lowest BCUT2D eigenvalue weighted by Crippen LogP contribution is -2.40. The zero-order chi connectivity index (χ0) is 17.1. The first kappa shape index (κ1) is 15.9. The van der Waals surface area contributed by atoms with E-state index in [1.54, 1.807) is 12.1 Å². The lowest BCUT2D eigenvalue weighted by molar-refractivity contribution is 0.495. The van der Waals surface area contributed by atoms with Crippen LogP contribution in [0.5, 0.6) is 0 Å². The van der Waals surface area contributed by atoms with Gasteiger partial charge in [-0.15, -0.1) is 0 Å². The third-order valence-corrected chi connectivity index (χ3v) is 4.08. The van der Waals surface area contributed by atoms with E-state index in [-0.39, 0.29) is 17.2 Å². The normalized spacial score (nSPS) is 14.9. The van der Waals surface area contributed by atoms with Gasteiger partial charge in [0.2, 0.25) is 5.95 Å². The van der Waals surface area contributed by atoms with E-state index in [0.29, 0.717) is 17.2 Å². The van der Waals surface area contributed by atoms with Crippen LogP contribution in [0.2, 0.25) is 0 Å². The number of piperidine rings is 1. The Morgan fingerprint density at radius 2 is 1.88 bits per heavy atom. The highest BCUT2D eigenvalue weighted by Gasteiger charge is 2.20. The summed E-state index contributed by atoms with van der Waals surface area (Å²) in [4.78, 5) is 10.7. The second-order valence-electron chi connectivity index (χ2n) is 5.67. The number of hydrogen-bond acceptors (Lipinski definition) is 6. The Balaban J connectivity index is 2.00. The Labute approximate surface area is 139 Å². The number of nitrogens with two attached hydrogens (primary N) is 1. The monoisotopic (exact) mass is 322 g/mol. The Hall–Kier alpha value is -3.03. The minimum absolute atomic E-state index is 0.0449. The molecule has 1 aliphatic rings. The maximum atomic E-state index is 13.9. The summed E-state index contributed by atoms with van der Waals surface area (Å²) in [6.07, 6.45) is 3.15. The molecule has 0 bridgehead atoms. The van der Waals surface area contributed by atoms with Crippen molar-refractivity contribution in [2.45, 2.75) is 18.9 Å². The molecule has 0 atom stereocenters. The van der Waals surface area contributed by atoms with Crippen LogP contribution in [0.25, 0.3) is 11.3 Å². The number of hydrogen-bond donors (Lipinski definition) is 1. The Kier molecular flexibility index (Phi) is 4.37. The van der Waals surface area contributed by atoms with Crippen LogP contribution in [-0.4, -0.2) is 29.1 Å². The first-order valence-corrected chi connectivity index (χ1v) is 7.60. The van der Waals surface area contributed by atoms with Crippen molar-refractivity contribution in [1.82, 2.24) is 9.97 Å². The number of aromatic nitrogens is 2. The van der Waals surface area contributed by atoms with Gasteiger partial charge in [0.05, 0.1) is 23.0 Å². The van der Waals surface area contributed by atoms with E-state index in [1.165, 1.54) is 18.3 Å². The number of benzene rings is 1. The maximum absolute atomic E-state index is 13.9. The summed E-state index contributed by atoms with van der Waals surface area (Å²) in [5.41, 5.74) is 6.93. The Morgan fingerprint density at radius 3 is 2.50 bits per heavy atom. The molecule has 7 heteroatoms. The fourth-order valence-electron chi connectivity index (χ4n) is 2.68. The molecule has 0 radical (unpaired) electrons. The molecule has 0 amide bonds. The second-order valence-corrected chi connectivity index (χ2v) is 5.67. The summed E-state index contributed by atoms with van der Waals surface area (Å²) < 4.78 is 13.9. The summed E-state index contributed by atoms with van der Waals surface area (Å²) >= 11 is 0. The van der Waals surface area contributed by atoms with Crippen molar-refractivity contribution in [3.63, 3.8) is 0 Å². The first-order valence-electron chi connectivity index (χ1n) is 7.60. The van der Waals surface area contributed by atoms with Gasteiger partial charge in [-0.1, -0.05) is 6.07 Å². The molecule has 2 aromatic rings. The van der Waals surface area contributed by atoms with Crippen LogP contribution >= 0.6 is 0 Å². The summed E-state index contributed by atoms with van der Waals surface area (Å²) in [6, 6.07) is 8.18. The van der Waals surface area contributed by atoms with Crippen LogP contribution < -0.4 is 10.6 Å². The van der Waals surface area contributed by atoms with Crippen LogP contribution in [0.1, 0.15) is 24.0 Å². The van der Waals surface area contributed by atoms with E-state index in [1.807, 2.05) is 11.0 Å². The van der Waals surface area contributed by atoms with Gasteiger partial charge in [0, 0.05) is 24.7 Å². The van der Waals surface area contributed by atoms with E-state index in [2.05, 4.69) is 9.97 Å². The second kappa shape index (κ2) is 6.61. The van der Waals surface area contributed by atoms with Gasteiger partial charge in [-0.25, -0.2) is 14.4 Å². The minimum Gasteiger partial charge on any atom is -0.341 e. The van der Waals surface area contributed by atoms with Gasteiger partial charge in [0.1, 0.15) is 18.0 Å². The Bertz CT molecular complexity index is 843. The molecule has 6 nitrogen and oxygen atoms in total. The first-order chi connectivity index (χ1) is 11.6. The average Bonchev–Trinajstić information content (AvgIpc) is 2.61. The van der Waals surface area contributed by atoms with Crippen LogP contribution in [0.3, 0.4) is 0 Å². The van der Waals surface area contributed by atoms with Crippen molar-refractivity contribution < 1.29 is 4.39 Å². The van der Waals surface area contributed by atoms with E-state index in [0.717, 1.165) is 25.9 Å². The average molecular weight is 322 g/mol. The van der Waals surface area contributed by atoms with Gasteiger partial charge in [-0.3, -0.25) is 0 Å². The zero-order valence-corrected chi connectivity index (χ0v) is 12.9. The van der Waals surface area contributed by atoms with Crippen molar-refractivity contribution in [1.29, 1.82) is 10.5 Å². The van der Waals surface area contributed by atoms with Gasteiger partial charge < -0.3 is 10.6 Å². The number of nitrogens with zero attached hydrogens (tertiary/aromatic N) is 5. The van der Waals surface area contributed by atoms with Crippen LogP contribution in [0, 0.1) is 28.5 Å². The highest BCUT2D eigenvalue weighted by Crippen LogP contribution is 2.25. The molecule has 120 valence electrons. The SMILES string of the molecule is N#Cc1ccc(-c2nc(N3CCC(N)CC3)ncc2C#N)cc1F. The molecule has 0 saturated carbocycles. The minimum atomic E-state index is -0.636. The third-order valence-electron chi connectivity index (χ3n) is 4.08. The van der Waals surface area contributed by atoms with Gasteiger partial charge in [-0.05, 0) is 25.0 Å². The van der Waals surface area contributed by atoms with E-state index in [9.17, 15) is 9.65 Å². The molecule has 2 N–H and O–H groups in total. The predicted molar refractivity (Wildman–Crippen MR) is 86.3 cm³/mol. The smallest absolute Gasteiger partial charge is 0.225 e. The highest BCUT2D eigenvalue weighted by atomic mass is 19.1. The third kappa shape index (κ3) is 3.03. The molecule has 0 spiro atoms. The number of anilines is 1. The summed E-state index contributed by atoms with van der Waals surface area (Å²) in [5, 5.41) is 18.1. The molecule has 24 heavy (non-hydrogen) atoms. The number of rotatable bonds is 2. The van der Waals surface area contributed by atoms with Crippen LogP contribution in [-0.2, 0) is 0 Å². The molecule has 0 unspecified atom stereocenters. The van der Waals surface area contributed by atoms with E-state index >= 15 is 0 Å². The van der Waals surface area contributed by atoms with E-state index in [4.69, 9.17) is 11.0 Å². The molecule has 3 rings (SSSR count). The molecule has 1 saturated heterocycles. The van der Waals surface area contributed by atoms with Crippen molar-refractivity contribution in [3.8, 4) is 23.4 Å². The van der Waals surface area contributed by atoms with Crippen molar-refractivity contribution in [3.05, 3.63) is 41.3 Å². The van der Waals surface area contributed by atoms with Crippen molar-refractivity contribution >= 4 is 5.95 Å². The molecule has 0 aliphatic carbocycles. The molecule has 2 heterocycles. The zero-order valence-electron chi connectivity index (χ0n) is 12.9. The number of halogens is 1. The summed E-state index contributed by atoms with van der Waals surface area (Å²) in [5.74, 6) is -0.135. The van der Waals surface area contributed by atoms with Gasteiger partial charge in [0.15, 0.2) is 0 Å². The van der Waals surface area contributed by atoms with E-state index < -0.39 is 5.82 Å². The molecule has 1 aromatic carbocycles. The van der Waals surface area contributed by atoms with Gasteiger partial charge in [0.25, 0.3) is 0 Å². The van der Waals surface area contributed by atoms with Crippen LogP contribution in [0.15, 0.2) is 24.4 Å². The van der Waals surface area contributed by atoms with Gasteiger partial charge in [-0.2, -0.15) is 10.5 Å². The largest absolute Gasteiger partial charge is 0.341 e.